The van der Waals surface area contributed by atoms with Crippen LogP contribution in [0, 0.1) is 11.3 Å². The minimum atomic E-state index is -4.76. The van der Waals surface area contributed by atoms with Crippen LogP contribution in [0.1, 0.15) is 63.4 Å². The monoisotopic (exact) mass is 523 g/mol. The quantitative estimate of drug-likeness (QED) is 0.333. The van der Waals surface area contributed by atoms with E-state index in [1.807, 2.05) is 0 Å². The first-order valence-corrected chi connectivity index (χ1v) is 12.2. The molecule has 1 aliphatic carbocycles. The summed E-state index contributed by atoms with van der Waals surface area (Å²) in [5.74, 6) is 0.162. The van der Waals surface area contributed by atoms with Crippen molar-refractivity contribution in [2.45, 2.75) is 59.4 Å². The number of ether oxygens (including phenoxy) is 2. The molecular weight excluding hydrogens is 495 g/mol. The van der Waals surface area contributed by atoms with Crippen molar-refractivity contribution in [1.29, 1.82) is 0 Å². The fourth-order valence-corrected chi connectivity index (χ4v) is 5.54. The molecule has 1 fully saturated rings. The van der Waals surface area contributed by atoms with Crippen LogP contribution in [-0.2, 0) is 4.74 Å². The number of fused-ring (bicyclic) bond motifs is 1. The van der Waals surface area contributed by atoms with Gasteiger partial charge in [0.05, 0.1) is 28.2 Å². The van der Waals surface area contributed by atoms with Crippen molar-refractivity contribution in [3.8, 4) is 5.75 Å². The van der Waals surface area contributed by atoms with Gasteiger partial charge in [-0.15, -0.1) is 13.2 Å². The van der Waals surface area contributed by atoms with Gasteiger partial charge < -0.3 is 19.4 Å². The number of aromatic nitrogens is 2. The van der Waals surface area contributed by atoms with E-state index in [9.17, 15) is 18.0 Å². The molecule has 0 radical (unpaired) electrons. The van der Waals surface area contributed by atoms with Gasteiger partial charge in [0.1, 0.15) is 5.75 Å². The van der Waals surface area contributed by atoms with Crippen molar-refractivity contribution in [3.63, 3.8) is 0 Å². The minimum absolute atomic E-state index is 0.105. The number of benzene rings is 2. The van der Waals surface area contributed by atoms with E-state index in [0.29, 0.717) is 23.1 Å². The molecule has 1 aromatic heterocycles. The number of nitrogens with one attached hydrogen (secondary N) is 1. The molecule has 10 heteroatoms. The number of carbonyl (C=O) groups is 1. The number of alkyl halides is 3. The second-order valence-electron chi connectivity index (χ2n) is 10.1. The summed E-state index contributed by atoms with van der Waals surface area (Å²) in [7, 11) is 0. The maximum atomic E-state index is 12.5. The van der Waals surface area contributed by atoms with Gasteiger partial charge in [-0.2, -0.15) is 0 Å². The molecule has 1 N–H and O–H groups in total. The van der Waals surface area contributed by atoms with Gasteiger partial charge in [-0.05, 0) is 73.9 Å². The lowest BCUT2D eigenvalue weighted by Crippen LogP contribution is -2.29. The zero-order valence-electron chi connectivity index (χ0n) is 20.6. The van der Waals surface area contributed by atoms with Crippen molar-refractivity contribution < 1.29 is 27.4 Å². The molecule has 1 aliphatic rings. The summed E-state index contributed by atoms with van der Waals surface area (Å²) in [4.78, 5) is 17.2. The van der Waals surface area contributed by atoms with Gasteiger partial charge >= 0.3 is 12.3 Å². The Balaban J connectivity index is 1.77. The van der Waals surface area contributed by atoms with Crippen LogP contribution in [0.5, 0.6) is 5.75 Å². The summed E-state index contributed by atoms with van der Waals surface area (Å²) in [6.07, 6.45) is -1.82. The Morgan fingerprint density at radius 2 is 1.92 bits per heavy atom. The first kappa shape index (κ1) is 26.1. The Morgan fingerprint density at radius 3 is 2.53 bits per heavy atom. The van der Waals surface area contributed by atoms with Gasteiger partial charge in [0, 0.05) is 11.7 Å². The molecule has 2 atom stereocenters. The molecule has 3 aromatic rings. The van der Waals surface area contributed by atoms with Crippen LogP contribution < -0.4 is 10.1 Å². The molecule has 0 unspecified atom stereocenters. The lowest BCUT2D eigenvalue weighted by molar-refractivity contribution is -0.274. The van der Waals surface area contributed by atoms with Crippen molar-refractivity contribution in [2.24, 2.45) is 11.3 Å². The highest BCUT2D eigenvalue weighted by atomic mass is 35.5. The van der Waals surface area contributed by atoms with Crippen LogP contribution in [0.15, 0.2) is 36.4 Å². The molecule has 36 heavy (non-hydrogen) atoms. The van der Waals surface area contributed by atoms with Gasteiger partial charge in [-0.1, -0.05) is 32.4 Å². The van der Waals surface area contributed by atoms with Crippen molar-refractivity contribution in [1.82, 2.24) is 9.55 Å². The van der Waals surface area contributed by atoms with Crippen LogP contribution in [0.2, 0.25) is 5.02 Å². The van der Waals surface area contributed by atoms with Crippen LogP contribution in [0.4, 0.5) is 24.8 Å². The van der Waals surface area contributed by atoms with Crippen molar-refractivity contribution in [2.75, 3.05) is 11.9 Å². The second kappa shape index (κ2) is 9.84. The fourth-order valence-electron chi connectivity index (χ4n) is 5.30. The number of hydrogen-bond donors (Lipinski definition) is 1. The number of anilines is 2. The van der Waals surface area contributed by atoms with Crippen LogP contribution in [-0.4, -0.2) is 28.5 Å². The maximum absolute atomic E-state index is 12.5. The van der Waals surface area contributed by atoms with Crippen LogP contribution in [0.25, 0.3) is 11.0 Å². The van der Waals surface area contributed by atoms with E-state index in [1.54, 1.807) is 19.1 Å². The third kappa shape index (κ3) is 5.88. The van der Waals surface area contributed by atoms with E-state index >= 15 is 0 Å². The van der Waals surface area contributed by atoms with E-state index in [2.05, 4.69) is 35.4 Å². The van der Waals surface area contributed by atoms with E-state index in [-0.39, 0.29) is 34.4 Å². The molecule has 0 aliphatic heterocycles. The molecule has 0 spiro atoms. The molecule has 0 amide bonds. The fraction of sp³-hybridized carbons (Fsp3) is 0.462. The predicted molar refractivity (Wildman–Crippen MR) is 133 cm³/mol. The van der Waals surface area contributed by atoms with Gasteiger partial charge in [0.25, 0.3) is 0 Å². The first-order chi connectivity index (χ1) is 16.8. The van der Waals surface area contributed by atoms with E-state index in [4.69, 9.17) is 21.3 Å². The normalized spacial score (nSPS) is 19.8. The first-order valence-electron chi connectivity index (χ1n) is 11.9. The number of rotatable bonds is 6. The molecular formula is C26H29ClF3N3O3. The molecule has 0 bridgehead atoms. The minimum Gasteiger partial charge on any atom is -0.462 e. The van der Waals surface area contributed by atoms with Gasteiger partial charge in [0.2, 0.25) is 5.95 Å². The average molecular weight is 524 g/mol. The molecule has 194 valence electrons. The Bertz CT molecular complexity index is 1260. The summed E-state index contributed by atoms with van der Waals surface area (Å²) < 4.78 is 48.8. The Hall–Kier alpha value is -2.94. The molecule has 2 aromatic carbocycles. The van der Waals surface area contributed by atoms with Crippen molar-refractivity contribution in [3.05, 3.63) is 47.0 Å². The SMILES string of the molecule is CCOC(=O)c1cc2nc(Nc3ccc(OC(F)(F)F)cc3)n([C@@H]3C[C@H](C)CC(C)(C)C3)c2cc1Cl. The van der Waals surface area contributed by atoms with E-state index in [0.717, 1.165) is 24.8 Å². The Kier molecular flexibility index (Phi) is 7.14. The summed E-state index contributed by atoms with van der Waals surface area (Å²) >= 11 is 6.50. The van der Waals surface area contributed by atoms with E-state index in [1.165, 1.54) is 24.3 Å². The number of esters is 1. The van der Waals surface area contributed by atoms with Crippen molar-refractivity contribution >= 4 is 40.2 Å². The Morgan fingerprint density at radius 1 is 1.22 bits per heavy atom. The van der Waals surface area contributed by atoms with Crippen LogP contribution in [0.3, 0.4) is 0 Å². The predicted octanol–water partition coefficient (Wildman–Crippen LogP) is 7.90. The third-order valence-corrected chi connectivity index (χ3v) is 6.66. The molecule has 6 nitrogen and oxygen atoms in total. The largest absolute Gasteiger partial charge is 0.573 e. The van der Waals surface area contributed by atoms with Gasteiger partial charge in [0.15, 0.2) is 0 Å². The number of halogens is 4. The highest BCUT2D eigenvalue weighted by molar-refractivity contribution is 6.34. The number of carbonyl (C=O) groups excluding carboxylic acids is 1. The topological polar surface area (TPSA) is 65.4 Å². The maximum Gasteiger partial charge on any atom is 0.573 e. The average Bonchev–Trinajstić information content (AvgIpc) is 3.08. The van der Waals surface area contributed by atoms with Crippen LogP contribution >= 0.6 is 11.6 Å². The number of hydrogen-bond acceptors (Lipinski definition) is 5. The zero-order valence-corrected chi connectivity index (χ0v) is 21.3. The standard InChI is InChI=1S/C26H29ClF3N3O3/c1-5-35-23(34)19-11-21-22(12-20(19)27)33(17-10-15(2)13-25(3,4)14-17)24(32-21)31-16-6-8-18(9-7-16)36-26(28,29)30/h6-9,11-12,15,17H,5,10,13-14H2,1-4H3,(H,31,32)/t15-,17+/m0/s1. The zero-order chi connectivity index (χ0) is 26.3. The van der Waals surface area contributed by atoms with Gasteiger partial charge in [-0.25, -0.2) is 9.78 Å². The summed E-state index contributed by atoms with van der Waals surface area (Å²) in [6, 6.07) is 8.93. The highest BCUT2D eigenvalue weighted by Gasteiger charge is 2.35. The molecule has 4 rings (SSSR count). The van der Waals surface area contributed by atoms with E-state index < -0.39 is 12.3 Å². The smallest absolute Gasteiger partial charge is 0.462 e. The molecule has 0 saturated heterocycles. The second-order valence-corrected chi connectivity index (χ2v) is 10.5. The molecule has 1 saturated carbocycles. The lowest BCUT2D eigenvalue weighted by atomic mass is 9.70. The molecule has 1 heterocycles. The van der Waals surface area contributed by atoms with Gasteiger partial charge in [-0.3, -0.25) is 0 Å². The summed E-state index contributed by atoms with van der Waals surface area (Å²) in [6.45, 7) is 8.65. The lowest BCUT2D eigenvalue weighted by Gasteiger charge is -2.40. The summed E-state index contributed by atoms with van der Waals surface area (Å²) in [5, 5.41) is 3.51. The number of nitrogens with zero attached hydrogens (tertiary/aromatic N) is 2. The third-order valence-electron chi connectivity index (χ3n) is 6.35. The highest BCUT2D eigenvalue weighted by Crippen LogP contribution is 2.46. The Labute approximate surface area is 212 Å². The summed E-state index contributed by atoms with van der Waals surface area (Å²) in [5.41, 5.74) is 2.22. The number of imidazole rings is 1.